The molecule has 0 aromatic heterocycles. The van der Waals surface area contributed by atoms with Gasteiger partial charge in [-0.2, -0.15) is 0 Å². The predicted molar refractivity (Wildman–Crippen MR) is 73.1 cm³/mol. The van der Waals surface area contributed by atoms with Gasteiger partial charge in [-0.1, -0.05) is 6.07 Å². The van der Waals surface area contributed by atoms with Gasteiger partial charge in [0.25, 0.3) is 0 Å². The molecule has 0 bridgehead atoms. The zero-order valence-corrected chi connectivity index (χ0v) is 11.5. The van der Waals surface area contributed by atoms with Crippen LogP contribution in [0.3, 0.4) is 0 Å². The second-order valence-corrected chi connectivity index (χ2v) is 5.46. The second-order valence-electron chi connectivity index (χ2n) is 4.61. The molecule has 92 valence electrons. The van der Waals surface area contributed by atoms with Gasteiger partial charge in [0.2, 0.25) is 5.91 Å². The Kier molecular flexibility index (Phi) is 4.18. The van der Waals surface area contributed by atoms with Crippen LogP contribution in [0.2, 0.25) is 0 Å². The van der Waals surface area contributed by atoms with Crippen molar-refractivity contribution in [1.82, 2.24) is 5.32 Å². The van der Waals surface area contributed by atoms with Gasteiger partial charge in [-0.05, 0) is 65.9 Å². The summed E-state index contributed by atoms with van der Waals surface area (Å²) in [7, 11) is 0. The van der Waals surface area contributed by atoms with Crippen molar-refractivity contribution >= 4 is 27.5 Å². The van der Waals surface area contributed by atoms with E-state index in [4.69, 9.17) is 0 Å². The normalized spacial score (nSPS) is 14.7. The number of anilines is 1. The Morgan fingerprint density at radius 3 is 2.94 bits per heavy atom. The van der Waals surface area contributed by atoms with Gasteiger partial charge in [-0.25, -0.2) is 0 Å². The standard InChI is InChI=1S/C13H17BrN2O/c1-9-2-5-11(14)12(6-9)16-13(17)8-15-7-10-3-4-10/h2,5-6,10,15H,3-4,7-8H2,1H3,(H,16,17). The SMILES string of the molecule is Cc1ccc(Br)c(NC(=O)CNCC2CC2)c1. The molecule has 2 N–H and O–H groups in total. The molecule has 1 fully saturated rings. The van der Waals surface area contributed by atoms with Gasteiger partial charge < -0.3 is 10.6 Å². The van der Waals surface area contributed by atoms with Crippen molar-refractivity contribution < 1.29 is 4.79 Å². The minimum absolute atomic E-state index is 0.0111. The Morgan fingerprint density at radius 2 is 2.24 bits per heavy atom. The highest BCUT2D eigenvalue weighted by Gasteiger charge is 2.20. The van der Waals surface area contributed by atoms with Crippen molar-refractivity contribution in [3.8, 4) is 0 Å². The summed E-state index contributed by atoms with van der Waals surface area (Å²) in [6, 6.07) is 5.91. The Morgan fingerprint density at radius 1 is 1.47 bits per heavy atom. The van der Waals surface area contributed by atoms with E-state index in [-0.39, 0.29) is 5.91 Å². The lowest BCUT2D eigenvalue weighted by atomic mass is 10.2. The first-order valence-electron chi connectivity index (χ1n) is 5.92. The monoisotopic (exact) mass is 296 g/mol. The molecule has 17 heavy (non-hydrogen) atoms. The fourth-order valence-electron chi connectivity index (χ4n) is 1.64. The maximum absolute atomic E-state index is 11.7. The van der Waals surface area contributed by atoms with Crippen molar-refractivity contribution in [1.29, 1.82) is 0 Å². The number of carbonyl (C=O) groups excluding carboxylic acids is 1. The molecule has 3 nitrogen and oxygen atoms in total. The first kappa shape index (κ1) is 12.6. The zero-order chi connectivity index (χ0) is 12.3. The van der Waals surface area contributed by atoms with E-state index < -0.39 is 0 Å². The Hall–Kier alpha value is -0.870. The lowest BCUT2D eigenvalue weighted by molar-refractivity contribution is -0.115. The molecule has 1 aromatic rings. The summed E-state index contributed by atoms with van der Waals surface area (Å²) < 4.78 is 0.915. The maximum Gasteiger partial charge on any atom is 0.238 e. The molecule has 0 heterocycles. The van der Waals surface area contributed by atoms with E-state index in [0.29, 0.717) is 6.54 Å². The maximum atomic E-state index is 11.7. The lowest BCUT2D eigenvalue weighted by Gasteiger charge is -2.09. The third-order valence-electron chi connectivity index (χ3n) is 2.81. The first-order chi connectivity index (χ1) is 8.15. The van der Waals surface area contributed by atoms with Crippen LogP contribution in [0.25, 0.3) is 0 Å². The molecule has 1 saturated carbocycles. The third kappa shape index (κ3) is 4.13. The van der Waals surface area contributed by atoms with Crippen LogP contribution < -0.4 is 10.6 Å². The van der Waals surface area contributed by atoms with E-state index >= 15 is 0 Å². The fraction of sp³-hybridized carbons (Fsp3) is 0.462. The highest BCUT2D eigenvalue weighted by Crippen LogP contribution is 2.27. The number of benzene rings is 1. The average molecular weight is 297 g/mol. The number of amides is 1. The minimum Gasteiger partial charge on any atom is -0.324 e. The number of nitrogens with one attached hydrogen (secondary N) is 2. The Bertz CT molecular complexity index is 416. The minimum atomic E-state index is 0.0111. The Balaban J connectivity index is 1.81. The summed E-state index contributed by atoms with van der Waals surface area (Å²) in [5.74, 6) is 0.811. The molecular formula is C13H17BrN2O. The average Bonchev–Trinajstić information content (AvgIpc) is 3.07. The molecule has 4 heteroatoms. The number of hydrogen-bond acceptors (Lipinski definition) is 2. The smallest absolute Gasteiger partial charge is 0.238 e. The molecule has 0 unspecified atom stereocenters. The summed E-state index contributed by atoms with van der Waals surface area (Å²) in [6.07, 6.45) is 2.61. The highest BCUT2D eigenvalue weighted by molar-refractivity contribution is 9.10. The van der Waals surface area contributed by atoms with Crippen LogP contribution in [0.4, 0.5) is 5.69 Å². The molecule has 1 amide bonds. The molecule has 0 spiro atoms. The van der Waals surface area contributed by atoms with E-state index in [1.807, 2.05) is 25.1 Å². The van der Waals surface area contributed by atoms with Crippen LogP contribution in [-0.4, -0.2) is 19.0 Å². The van der Waals surface area contributed by atoms with Crippen molar-refractivity contribution in [3.63, 3.8) is 0 Å². The number of aryl methyl sites for hydroxylation is 1. The van der Waals surface area contributed by atoms with Crippen LogP contribution in [0.1, 0.15) is 18.4 Å². The summed E-state index contributed by atoms with van der Waals surface area (Å²) in [5, 5.41) is 6.07. The number of carbonyl (C=O) groups is 1. The van der Waals surface area contributed by atoms with E-state index in [1.165, 1.54) is 12.8 Å². The first-order valence-corrected chi connectivity index (χ1v) is 6.71. The van der Waals surface area contributed by atoms with E-state index in [9.17, 15) is 4.79 Å². The van der Waals surface area contributed by atoms with Crippen LogP contribution in [0.15, 0.2) is 22.7 Å². The van der Waals surface area contributed by atoms with Gasteiger partial charge >= 0.3 is 0 Å². The summed E-state index contributed by atoms with van der Waals surface area (Å²) in [5.41, 5.74) is 1.97. The van der Waals surface area contributed by atoms with Gasteiger partial charge in [-0.3, -0.25) is 4.79 Å². The van der Waals surface area contributed by atoms with Gasteiger partial charge in [0.1, 0.15) is 0 Å². The van der Waals surface area contributed by atoms with Crippen molar-refractivity contribution in [2.75, 3.05) is 18.4 Å². The van der Waals surface area contributed by atoms with Crippen molar-refractivity contribution in [2.45, 2.75) is 19.8 Å². The van der Waals surface area contributed by atoms with Crippen LogP contribution in [0, 0.1) is 12.8 Å². The highest BCUT2D eigenvalue weighted by atomic mass is 79.9. The lowest BCUT2D eigenvalue weighted by Crippen LogP contribution is -2.29. The van der Waals surface area contributed by atoms with Crippen molar-refractivity contribution in [3.05, 3.63) is 28.2 Å². The molecule has 1 aliphatic rings. The fourth-order valence-corrected chi connectivity index (χ4v) is 1.99. The molecule has 2 rings (SSSR count). The van der Waals surface area contributed by atoms with E-state index in [1.54, 1.807) is 0 Å². The summed E-state index contributed by atoms with van der Waals surface area (Å²) >= 11 is 3.43. The molecular weight excluding hydrogens is 280 g/mol. The Labute approximate surface area is 110 Å². The molecule has 0 aliphatic heterocycles. The molecule has 0 saturated heterocycles. The molecule has 1 aromatic carbocycles. The van der Waals surface area contributed by atoms with Gasteiger partial charge in [0, 0.05) is 4.47 Å². The van der Waals surface area contributed by atoms with E-state index in [0.717, 1.165) is 28.2 Å². The number of rotatable bonds is 5. The zero-order valence-electron chi connectivity index (χ0n) is 9.92. The van der Waals surface area contributed by atoms with Gasteiger partial charge in [0.15, 0.2) is 0 Å². The number of halogens is 1. The van der Waals surface area contributed by atoms with Crippen LogP contribution in [-0.2, 0) is 4.79 Å². The van der Waals surface area contributed by atoms with E-state index in [2.05, 4.69) is 26.6 Å². The quantitative estimate of drug-likeness (QED) is 0.877. The second kappa shape index (κ2) is 5.65. The molecule has 1 aliphatic carbocycles. The molecule has 0 radical (unpaired) electrons. The van der Waals surface area contributed by atoms with Crippen molar-refractivity contribution in [2.24, 2.45) is 5.92 Å². The number of hydrogen-bond donors (Lipinski definition) is 2. The third-order valence-corrected chi connectivity index (χ3v) is 3.50. The predicted octanol–water partition coefficient (Wildman–Crippen LogP) is 2.70. The van der Waals surface area contributed by atoms with Crippen LogP contribution in [0.5, 0.6) is 0 Å². The summed E-state index contributed by atoms with van der Waals surface area (Å²) in [4.78, 5) is 11.7. The topological polar surface area (TPSA) is 41.1 Å². The summed E-state index contributed by atoms with van der Waals surface area (Å²) in [6.45, 7) is 3.35. The van der Waals surface area contributed by atoms with Gasteiger partial charge in [0.05, 0.1) is 12.2 Å². The largest absolute Gasteiger partial charge is 0.324 e. The van der Waals surface area contributed by atoms with Crippen LogP contribution >= 0.6 is 15.9 Å². The van der Waals surface area contributed by atoms with Gasteiger partial charge in [-0.15, -0.1) is 0 Å². The molecule has 0 atom stereocenters.